The molecule has 0 aromatic heterocycles. The molecule has 0 radical (unpaired) electrons. The minimum absolute atomic E-state index is 0.0636. The van der Waals surface area contributed by atoms with Crippen molar-refractivity contribution in [2.45, 2.75) is 129 Å². The Balaban J connectivity index is 1.31. The first-order valence-electron chi connectivity index (χ1n) is 16.0. The van der Waals surface area contributed by atoms with Crippen molar-refractivity contribution in [3.63, 3.8) is 0 Å². The second kappa shape index (κ2) is 10.8. The predicted octanol–water partition coefficient (Wildman–Crippen LogP) is 7.48. The van der Waals surface area contributed by atoms with Crippen molar-refractivity contribution in [1.82, 2.24) is 0 Å². The van der Waals surface area contributed by atoms with Gasteiger partial charge in [-0.25, -0.2) is 0 Å². The Bertz CT molecular complexity index is 1190. The highest BCUT2D eigenvalue weighted by Crippen LogP contribution is 2.68. The standard InChI is InChI=1S/C34H52O5S/c1-22(2)8-7-9-24(4)28-14-15-29-27-20-31(35)34(36)21-25(39-40(37,38)26-12-10-23(3)11-13-26)16-19-33(34,6)30(27)17-18-32(28,29)5/h10-13,22,24-25,27-30,36H,7-9,14-21H2,1-6H3/t24-,25-,27-,28+,29-,30-,32+,33-,34+/m1/s1. The summed E-state index contributed by atoms with van der Waals surface area (Å²) < 4.78 is 31.7. The number of carbonyl (C=O) groups excluding carboxylic acids is 1. The van der Waals surface area contributed by atoms with Gasteiger partial charge in [0.15, 0.2) is 5.78 Å². The summed E-state index contributed by atoms with van der Waals surface area (Å²) in [6, 6.07) is 6.62. The van der Waals surface area contributed by atoms with E-state index in [-0.39, 0.29) is 28.4 Å². The highest BCUT2D eigenvalue weighted by atomic mass is 32.2. The molecular weight excluding hydrogens is 520 g/mol. The van der Waals surface area contributed by atoms with E-state index in [1.165, 1.54) is 38.5 Å². The average Bonchev–Trinajstić information content (AvgIpc) is 3.23. The number of benzene rings is 1. The van der Waals surface area contributed by atoms with Gasteiger partial charge in [-0.15, -0.1) is 0 Å². The number of hydrogen-bond donors (Lipinski definition) is 1. The average molecular weight is 573 g/mol. The van der Waals surface area contributed by atoms with Crippen molar-refractivity contribution < 1.29 is 22.5 Å². The summed E-state index contributed by atoms with van der Waals surface area (Å²) in [6.45, 7) is 13.6. The van der Waals surface area contributed by atoms with Crippen LogP contribution in [-0.2, 0) is 19.1 Å². The summed E-state index contributed by atoms with van der Waals surface area (Å²) in [5.41, 5.74) is -0.826. The molecule has 4 aliphatic rings. The fraction of sp³-hybridized carbons (Fsp3) is 0.794. The molecule has 4 saturated carbocycles. The summed E-state index contributed by atoms with van der Waals surface area (Å²) in [5.74, 6) is 3.23. The predicted molar refractivity (Wildman–Crippen MR) is 158 cm³/mol. The Morgan fingerprint density at radius 3 is 2.35 bits per heavy atom. The molecule has 224 valence electrons. The van der Waals surface area contributed by atoms with Gasteiger partial charge in [0.2, 0.25) is 0 Å². The molecule has 0 spiro atoms. The molecule has 1 N–H and O–H groups in total. The van der Waals surface area contributed by atoms with Crippen LogP contribution in [0.3, 0.4) is 0 Å². The van der Waals surface area contributed by atoms with E-state index < -0.39 is 27.2 Å². The summed E-state index contributed by atoms with van der Waals surface area (Å²) in [6.07, 6.45) is 9.50. The van der Waals surface area contributed by atoms with E-state index in [0.29, 0.717) is 42.9 Å². The fourth-order valence-electron chi connectivity index (χ4n) is 10.0. The van der Waals surface area contributed by atoms with Crippen LogP contribution < -0.4 is 0 Å². The number of hydrogen-bond acceptors (Lipinski definition) is 5. The molecule has 0 saturated heterocycles. The molecule has 4 fully saturated rings. The quantitative estimate of drug-likeness (QED) is 0.327. The number of aryl methyl sites for hydroxylation is 1. The normalized spacial score (nSPS) is 40.4. The van der Waals surface area contributed by atoms with Gasteiger partial charge in [-0.05, 0) is 98.5 Å². The molecule has 5 rings (SSSR count). The van der Waals surface area contributed by atoms with Crippen LogP contribution in [0.25, 0.3) is 0 Å². The van der Waals surface area contributed by atoms with E-state index in [4.69, 9.17) is 4.18 Å². The number of aliphatic hydroxyl groups is 1. The summed E-state index contributed by atoms with van der Waals surface area (Å²) in [5, 5.41) is 12.1. The van der Waals surface area contributed by atoms with Crippen molar-refractivity contribution >= 4 is 15.9 Å². The number of fused-ring (bicyclic) bond motifs is 5. The monoisotopic (exact) mass is 572 g/mol. The zero-order valence-corrected chi connectivity index (χ0v) is 26.4. The lowest BCUT2D eigenvalue weighted by Crippen LogP contribution is -2.67. The van der Waals surface area contributed by atoms with Crippen molar-refractivity contribution in [2.75, 3.05) is 0 Å². The van der Waals surface area contributed by atoms with Crippen molar-refractivity contribution in [2.24, 2.45) is 46.3 Å². The first kappa shape index (κ1) is 30.2. The van der Waals surface area contributed by atoms with Crippen molar-refractivity contribution in [3.05, 3.63) is 29.8 Å². The molecular formula is C34H52O5S. The molecule has 0 unspecified atom stereocenters. The Morgan fingerprint density at radius 2 is 1.68 bits per heavy atom. The zero-order valence-electron chi connectivity index (χ0n) is 25.6. The smallest absolute Gasteiger partial charge is 0.297 e. The lowest BCUT2D eigenvalue weighted by atomic mass is 9.42. The van der Waals surface area contributed by atoms with Gasteiger partial charge in [-0.2, -0.15) is 8.42 Å². The molecule has 0 bridgehead atoms. The third-order valence-electron chi connectivity index (χ3n) is 12.4. The molecule has 1 aromatic rings. The topological polar surface area (TPSA) is 80.7 Å². The number of rotatable bonds is 8. The SMILES string of the molecule is Cc1ccc(S(=O)(=O)O[C@@H]2CC[C@]3(C)[C@@H]4CC[C@]5(C)[C@H](CC[C@H]5[C@H](C)CCCC(C)C)[C@H]4CC(=O)[C@@]3(O)C2)cc1. The molecule has 0 aliphatic heterocycles. The van der Waals surface area contributed by atoms with Crippen LogP contribution in [-0.4, -0.2) is 31.0 Å². The number of carbonyl (C=O) groups is 1. The molecule has 5 nitrogen and oxygen atoms in total. The van der Waals surface area contributed by atoms with Gasteiger partial charge in [-0.3, -0.25) is 8.98 Å². The molecule has 0 amide bonds. The second-order valence-electron chi connectivity index (χ2n) is 15.0. The minimum atomic E-state index is -3.97. The first-order valence-corrected chi connectivity index (χ1v) is 17.4. The Morgan fingerprint density at radius 1 is 0.975 bits per heavy atom. The molecule has 9 atom stereocenters. The first-order chi connectivity index (χ1) is 18.7. The highest BCUT2D eigenvalue weighted by Gasteiger charge is 2.68. The fourth-order valence-corrected chi connectivity index (χ4v) is 11.2. The van der Waals surface area contributed by atoms with Crippen LogP contribution in [0.1, 0.15) is 111 Å². The third kappa shape index (κ3) is 5.02. The number of Topliss-reactive ketones (excluding diaryl/α,β-unsaturated/α-hetero) is 1. The Kier molecular flexibility index (Phi) is 8.15. The van der Waals surface area contributed by atoms with E-state index in [1.54, 1.807) is 24.3 Å². The summed E-state index contributed by atoms with van der Waals surface area (Å²) in [4.78, 5) is 14.0. The molecule has 4 aliphatic carbocycles. The van der Waals surface area contributed by atoms with Gasteiger partial charge >= 0.3 is 0 Å². The lowest BCUT2D eigenvalue weighted by molar-refractivity contribution is -0.211. The van der Waals surface area contributed by atoms with Gasteiger partial charge < -0.3 is 5.11 Å². The maximum absolute atomic E-state index is 13.9. The van der Waals surface area contributed by atoms with Crippen molar-refractivity contribution in [1.29, 1.82) is 0 Å². The minimum Gasteiger partial charge on any atom is -0.381 e. The van der Waals surface area contributed by atoms with Gasteiger partial charge in [0, 0.05) is 18.3 Å². The van der Waals surface area contributed by atoms with E-state index >= 15 is 0 Å². The molecule has 1 aromatic carbocycles. The van der Waals surface area contributed by atoms with Crippen LogP contribution >= 0.6 is 0 Å². The van der Waals surface area contributed by atoms with Crippen LogP contribution in [0.2, 0.25) is 0 Å². The summed E-state index contributed by atoms with van der Waals surface area (Å²) >= 11 is 0. The maximum Gasteiger partial charge on any atom is 0.297 e. The van der Waals surface area contributed by atoms with E-state index in [9.17, 15) is 18.3 Å². The Labute approximate surface area is 243 Å². The molecule has 40 heavy (non-hydrogen) atoms. The Hall–Kier alpha value is -1.24. The highest BCUT2D eigenvalue weighted by molar-refractivity contribution is 7.86. The van der Waals surface area contributed by atoms with Crippen LogP contribution in [0.4, 0.5) is 0 Å². The molecule has 0 heterocycles. The number of ketones is 1. The van der Waals surface area contributed by atoms with E-state index in [1.807, 2.05) is 6.92 Å². The van der Waals surface area contributed by atoms with Gasteiger partial charge in [0.25, 0.3) is 10.1 Å². The van der Waals surface area contributed by atoms with Crippen LogP contribution in [0, 0.1) is 53.3 Å². The van der Waals surface area contributed by atoms with Gasteiger partial charge in [0.1, 0.15) is 5.60 Å². The maximum atomic E-state index is 13.9. The van der Waals surface area contributed by atoms with Crippen molar-refractivity contribution in [3.8, 4) is 0 Å². The van der Waals surface area contributed by atoms with Crippen LogP contribution in [0.5, 0.6) is 0 Å². The van der Waals surface area contributed by atoms with Gasteiger partial charge in [0.05, 0.1) is 11.0 Å². The van der Waals surface area contributed by atoms with Crippen LogP contribution in [0.15, 0.2) is 29.2 Å². The van der Waals surface area contributed by atoms with Gasteiger partial charge in [-0.1, -0.05) is 71.6 Å². The van der Waals surface area contributed by atoms with E-state index in [2.05, 4.69) is 34.6 Å². The molecule has 6 heteroatoms. The second-order valence-corrected chi connectivity index (χ2v) is 16.6. The van der Waals surface area contributed by atoms with E-state index in [0.717, 1.165) is 17.9 Å². The lowest BCUT2D eigenvalue weighted by Gasteiger charge is -2.63. The largest absolute Gasteiger partial charge is 0.381 e. The zero-order chi connectivity index (χ0) is 29.1. The third-order valence-corrected chi connectivity index (χ3v) is 13.7. The summed E-state index contributed by atoms with van der Waals surface area (Å²) in [7, 11) is -3.97.